The standard InChI is InChI=1S/C19H13FN2O3S/c20-12-5-7-13(8-6-12)21-17-16(15-4-2-10-26-15)18(23)22(19(17)24)11-14-3-1-9-25-14/h1-10,21H,11H2. The van der Waals surface area contributed by atoms with Gasteiger partial charge in [-0.15, -0.1) is 11.3 Å². The number of anilines is 1. The fraction of sp³-hybridized carbons (Fsp3) is 0.0526. The lowest BCUT2D eigenvalue weighted by Gasteiger charge is -2.13. The van der Waals surface area contributed by atoms with Gasteiger partial charge in [-0.1, -0.05) is 6.07 Å². The average Bonchev–Trinajstić information content (AvgIpc) is 3.37. The van der Waals surface area contributed by atoms with E-state index in [0.29, 0.717) is 21.9 Å². The number of hydrogen-bond donors (Lipinski definition) is 1. The highest BCUT2D eigenvalue weighted by atomic mass is 32.1. The molecule has 0 unspecified atom stereocenters. The molecule has 0 saturated heterocycles. The maximum absolute atomic E-state index is 13.1. The second-order valence-electron chi connectivity index (χ2n) is 5.64. The lowest BCUT2D eigenvalue weighted by molar-refractivity contribution is -0.137. The Labute approximate surface area is 152 Å². The number of nitrogens with one attached hydrogen (secondary N) is 1. The van der Waals surface area contributed by atoms with E-state index in [2.05, 4.69) is 5.32 Å². The zero-order valence-corrected chi connectivity index (χ0v) is 14.3. The first-order valence-electron chi connectivity index (χ1n) is 7.83. The van der Waals surface area contributed by atoms with Crippen molar-refractivity contribution in [3.8, 4) is 0 Å². The zero-order chi connectivity index (χ0) is 18.1. The SMILES string of the molecule is O=C1C(Nc2ccc(F)cc2)=C(c2cccs2)C(=O)N1Cc1ccco1. The molecule has 0 spiro atoms. The molecule has 0 aliphatic carbocycles. The summed E-state index contributed by atoms with van der Waals surface area (Å²) in [5, 5.41) is 4.81. The van der Waals surface area contributed by atoms with Gasteiger partial charge in [0.05, 0.1) is 18.4 Å². The van der Waals surface area contributed by atoms with Crippen LogP contribution >= 0.6 is 11.3 Å². The number of furan rings is 1. The third kappa shape index (κ3) is 2.93. The van der Waals surface area contributed by atoms with Crippen LogP contribution in [0.1, 0.15) is 10.6 Å². The van der Waals surface area contributed by atoms with Gasteiger partial charge in [0.1, 0.15) is 17.3 Å². The minimum atomic E-state index is -0.445. The summed E-state index contributed by atoms with van der Waals surface area (Å²) >= 11 is 1.37. The van der Waals surface area contributed by atoms with Gasteiger partial charge >= 0.3 is 0 Å². The molecule has 4 rings (SSSR count). The van der Waals surface area contributed by atoms with E-state index >= 15 is 0 Å². The third-order valence-corrected chi connectivity index (χ3v) is 4.83. The van der Waals surface area contributed by atoms with Crippen LogP contribution in [0.5, 0.6) is 0 Å². The molecular formula is C19H13FN2O3S. The maximum Gasteiger partial charge on any atom is 0.278 e. The second kappa shape index (κ2) is 6.61. The Morgan fingerprint density at radius 1 is 1.04 bits per heavy atom. The predicted octanol–water partition coefficient (Wildman–Crippen LogP) is 3.87. The summed E-state index contributed by atoms with van der Waals surface area (Å²) in [6.07, 6.45) is 1.49. The first-order chi connectivity index (χ1) is 12.6. The molecule has 0 fully saturated rings. The number of carbonyl (C=O) groups is 2. The van der Waals surface area contributed by atoms with Crippen LogP contribution in [-0.2, 0) is 16.1 Å². The van der Waals surface area contributed by atoms with Gasteiger partial charge in [0.25, 0.3) is 11.8 Å². The molecule has 5 nitrogen and oxygen atoms in total. The largest absolute Gasteiger partial charge is 0.467 e. The molecule has 1 aromatic carbocycles. The summed E-state index contributed by atoms with van der Waals surface area (Å²) in [5.41, 5.74) is 1.01. The zero-order valence-electron chi connectivity index (χ0n) is 13.4. The van der Waals surface area contributed by atoms with Crippen LogP contribution in [0.4, 0.5) is 10.1 Å². The monoisotopic (exact) mass is 368 g/mol. The number of benzene rings is 1. The van der Waals surface area contributed by atoms with E-state index in [1.165, 1.54) is 41.9 Å². The smallest absolute Gasteiger partial charge is 0.278 e. The number of halogens is 1. The van der Waals surface area contributed by atoms with E-state index in [0.717, 1.165) is 4.90 Å². The van der Waals surface area contributed by atoms with Crippen LogP contribution in [0, 0.1) is 5.82 Å². The number of amides is 2. The van der Waals surface area contributed by atoms with E-state index in [1.54, 1.807) is 18.2 Å². The number of hydrogen-bond acceptors (Lipinski definition) is 5. The molecule has 3 aromatic rings. The Bertz CT molecular complexity index is 976. The summed E-state index contributed by atoms with van der Waals surface area (Å²) in [6.45, 7) is 0.0497. The van der Waals surface area contributed by atoms with E-state index in [1.807, 2.05) is 11.4 Å². The van der Waals surface area contributed by atoms with Gasteiger partial charge in [0.2, 0.25) is 0 Å². The van der Waals surface area contributed by atoms with E-state index in [-0.39, 0.29) is 18.1 Å². The van der Waals surface area contributed by atoms with Gasteiger partial charge in [-0.3, -0.25) is 14.5 Å². The molecule has 1 aliphatic rings. The number of carbonyl (C=O) groups excluding carboxylic acids is 2. The van der Waals surface area contributed by atoms with E-state index in [9.17, 15) is 14.0 Å². The molecule has 2 aromatic heterocycles. The topological polar surface area (TPSA) is 62.6 Å². The Balaban J connectivity index is 1.71. The molecule has 130 valence electrons. The van der Waals surface area contributed by atoms with Crippen LogP contribution in [-0.4, -0.2) is 16.7 Å². The summed E-state index contributed by atoms with van der Waals surface area (Å²) < 4.78 is 18.4. The van der Waals surface area contributed by atoms with E-state index < -0.39 is 11.8 Å². The summed E-state index contributed by atoms with van der Waals surface area (Å²) in [7, 11) is 0. The first kappa shape index (κ1) is 16.3. The van der Waals surface area contributed by atoms with Crippen molar-refractivity contribution >= 4 is 34.4 Å². The minimum absolute atomic E-state index is 0.0497. The third-order valence-electron chi connectivity index (χ3n) is 3.94. The first-order valence-corrected chi connectivity index (χ1v) is 8.71. The highest BCUT2D eigenvalue weighted by Crippen LogP contribution is 2.33. The Hall–Kier alpha value is -3.19. The lowest BCUT2D eigenvalue weighted by atomic mass is 10.2. The van der Waals surface area contributed by atoms with Crippen molar-refractivity contribution in [3.05, 3.63) is 82.3 Å². The molecule has 0 bridgehead atoms. The molecule has 1 aliphatic heterocycles. The summed E-state index contributed by atoms with van der Waals surface area (Å²) in [4.78, 5) is 27.6. The molecule has 0 atom stereocenters. The normalized spacial score (nSPS) is 14.4. The van der Waals surface area contributed by atoms with Gasteiger partial charge in [-0.05, 0) is 47.8 Å². The number of thiophene rings is 1. The molecule has 7 heteroatoms. The Kier molecular flexibility index (Phi) is 4.14. The Morgan fingerprint density at radius 3 is 2.50 bits per heavy atom. The van der Waals surface area contributed by atoms with Crippen molar-refractivity contribution < 1.29 is 18.4 Å². The van der Waals surface area contributed by atoms with Crippen molar-refractivity contribution in [2.75, 3.05) is 5.32 Å². The average molecular weight is 368 g/mol. The van der Waals surface area contributed by atoms with Crippen LogP contribution in [0.3, 0.4) is 0 Å². The van der Waals surface area contributed by atoms with Gasteiger partial charge < -0.3 is 9.73 Å². The number of nitrogens with zero attached hydrogens (tertiary/aromatic N) is 1. The fourth-order valence-corrected chi connectivity index (χ4v) is 3.49. The van der Waals surface area contributed by atoms with Gasteiger partial charge in [-0.2, -0.15) is 0 Å². The molecule has 0 radical (unpaired) electrons. The summed E-state index contributed by atoms with van der Waals surface area (Å²) in [6, 6.07) is 12.6. The lowest BCUT2D eigenvalue weighted by Crippen LogP contribution is -2.31. The molecule has 26 heavy (non-hydrogen) atoms. The maximum atomic E-state index is 13.1. The van der Waals surface area contributed by atoms with Gasteiger partial charge in [0.15, 0.2) is 0 Å². The molecule has 1 N–H and O–H groups in total. The molecule has 2 amide bonds. The Morgan fingerprint density at radius 2 is 1.85 bits per heavy atom. The highest BCUT2D eigenvalue weighted by molar-refractivity contribution is 7.11. The quantitative estimate of drug-likeness (QED) is 0.695. The van der Waals surface area contributed by atoms with E-state index in [4.69, 9.17) is 4.42 Å². The molecule has 0 saturated carbocycles. The summed E-state index contributed by atoms with van der Waals surface area (Å²) in [5.74, 6) is -0.700. The van der Waals surface area contributed by atoms with Crippen molar-refractivity contribution in [3.63, 3.8) is 0 Å². The van der Waals surface area contributed by atoms with Crippen molar-refractivity contribution in [1.29, 1.82) is 0 Å². The number of rotatable bonds is 5. The molecular weight excluding hydrogens is 355 g/mol. The number of imide groups is 1. The van der Waals surface area contributed by atoms with Crippen LogP contribution in [0.15, 0.2) is 70.3 Å². The predicted molar refractivity (Wildman–Crippen MR) is 95.5 cm³/mol. The van der Waals surface area contributed by atoms with Gasteiger partial charge in [-0.25, -0.2) is 4.39 Å². The van der Waals surface area contributed by atoms with Gasteiger partial charge in [0, 0.05) is 10.6 Å². The van der Waals surface area contributed by atoms with Crippen molar-refractivity contribution in [2.45, 2.75) is 6.54 Å². The fourth-order valence-electron chi connectivity index (χ4n) is 2.72. The second-order valence-corrected chi connectivity index (χ2v) is 6.58. The van der Waals surface area contributed by atoms with Crippen LogP contribution in [0.2, 0.25) is 0 Å². The highest BCUT2D eigenvalue weighted by Gasteiger charge is 2.40. The van der Waals surface area contributed by atoms with Crippen LogP contribution < -0.4 is 5.32 Å². The van der Waals surface area contributed by atoms with Crippen LogP contribution in [0.25, 0.3) is 5.57 Å². The van der Waals surface area contributed by atoms with Crippen molar-refractivity contribution in [2.24, 2.45) is 0 Å². The van der Waals surface area contributed by atoms with Crippen molar-refractivity contribution in [1.82, 2.24) is 4.90 Å². The minimum Gasteiger partial charge on any atom is -0.467 e. The molecule has 3 heterocycles.